The van der Waals surface area contributed by atoms with Crippen LogP contribution in [0.1, 0.15) is 45.2 Å². The smallest absolute Gasteiger partial charge is 0.323 e. The Morgan fingerprint density at radius 3 is 2.64 bits per heavy atom. The van der Waals surface area contributed by atoms with Crippen molar-refractivity contribution in [3.8, 4) is 0 Å². The summed E-state index contributed by atoms with van der Waals surface area (Å²) in [5.41, 5.74) is 1.05. The van der Waals surface area contributed by atoms with Crippen LogP contribution in [0.4, 0.5) is 10.6 Å². The summed E-state index contributed by atoms with van der Waals surface area (Å²) in [5, 5.41) is 16.5. The molecule has 136 valence electrons. The molecule has 0 aliphatic rings. The quantitative estimate of drug-likeness (QED) is 0.768. The van der Waals surface area contributed by atoms with Crippen molar-refractivity contribution in [2.24, 2.45) is 0 Å². The molecule has 2 N–H and O–H groups in total. The molecule has 0 saturated heterocycles. The van der Waals surface area contributed by atoms with E-state index in [1.54, 1.807) is 11.1 Å². The zero-order valence-electron chi connectivity index (χ0n) is 15.2. The molecule has 0 aliphatic heterocycles. The molecule has 0 saturated carbocycles. The molecule has 0 aliphatic carbocycles. The first kappa shape index (κ1) is 19.0. The summed E-state index contributed by atoms with van der Waals surface area (Å²) in [7, 11) is 0. The number of nitrogens with zero attached hydrogens (tertiary/aromatic N) is 3. The van der Waals surface area contributed by atoms with Crippen LogP contribution in [-0.2, 0) is 6.54 Å². The molecule has 2 atom stereocenters. The van der Waals surface area contributed by atoms with E-state index in [1.165, 1.54) is 0 Å². The number of hydrogen-bond donors (Lipinski definition) is 2. The first-order valence-electron chi connectivity index (χ1n) is 8.82. The van der Waals surface area contributed by atoms with Gasteiger partial charge in [-0.25, -0.2) is 9.48 Å². The van der Waals surface area contributed by atoms with Gasteiger partial charge in [-0.15, -0.1) is 0 Å². The van der Waals surface area contributed by atoms with Gasteiger partial charge in [-0.3, -0.25) is 5.32 Å². The molecule has 6 nitrogen and oxygen atoms in total. The first-order valence-corrected chi connectivity index (χ1v) is 8.82. The number of amides is 2. The standard InChI is InChI=1S/C19H28N4O2/c1-4-15(2)23-18(10-12-20-23)21-19(25)22(16(3)11-13-24)14-17-8-6-5-7-9-17/h5-10,12,15-16,24H,4,11,13-14H2,1-3H3,(H,21,25). The van der Waals surface area contributed by atoms with Crippen LogP contribution in [0, 0.1) is 0 Å². The highest BCUT2D eigenvalue weighted by Crippen LogP contribution is 2.18. The maximum absolute atomic E-state index is 12.9. The topological polar surface area (TPSA) is 70.4 Å². The number of carbonyl (C=O) groups excluding carboxylic acids is 1. The molecule has 2 rings (SSSR count). The van der Waals surface area contributed by atoms with Gasteiger partial charge in [0, 0.05) is 25.3 Å². The Hall–Kier alpha value is -2.34. The van der Waals surface area contributed by atoms with E-state index in [0.29, 0.717) is 18.8 Å². The molecule has 0 radical (unpaired) electrons. The number of carbonyl (C=O) groups is 1. The van der Waals surface area contributed by atoms with E-state index >= 15 is 0 Å². The van der Waals surface area contributed by atoms with Crippen molar-refractivity contribution < 1.29 is 9.90 Å². The molecule has 1 aromatic carbocycles. The highest BCUT2D eigenvalue weighted by Gasteiger charge is 2.22. The lowest BCUT2D eigenvalue weighted by Gasteiger charge is -2.29. The zero-order chi connectivity index (χ0) is 18.2. The molecule has 0 spiro atoms. The molecule has 2 unspecified atom stereocenters. The van der Waals surface area contributed by atoms with E-state index in [-0.39, 0.29) is 24.7 Å². The summed E-state index contributed by atoms with van der Waals surface area (Å²) in [4.78, 5) is 14.6. The SMILES string of the molecule is CCC(C)n1nccc1NC(=O)N(Cc1ccccc1)C(C)CCO. The van der Waals surface area contributed by atoms with Gasteiger partial charge in [-0.1, -0.05) is 37.3 Å². The second-order valence-corrected chi connectivity index (χ2v) is 6.32. The fraction of sp³-hybridized carbons (Fsp3) is 0.474. The van der Waals surface area contributed by atoms with Crippen molar-refractivity contribution >= 4 is 11.8 Å². The number of aliphatic hydroxyl groups is 1. The van der Waals surface area contributed by atoms with Crippen molar-refractivity contribution in [1.29, 1.82) is 0 Å². The van der Waals surface area contributed by atoms with Crippen LogP contribution < -0.4 is 5.32 Å². The zero-order valence-corrected chi connectivity index (χ0v) is 15.2. The number of rotatable bonds is 8. The Morgan fingerprint density at radius 2 is 2.00 bits per heavy atom. The van der Waals surface area contributed by atoms with E-state index in [0.717, 1.165) is 12.0 Å². The molecule has 1 heterocycles. The van der Waals surface area contributed by atoms with Gasteiger partial charge in [-0.2, -0.15) is 5.10 Å². The van der Waals surface area contributed by atoms with Crippen molar-refractivity contribution in [2.75, 3.05) is 11.9 Å². The van der Waals surface area contributed by atoms with Crippen molar-refractivity contribution in [1.82, 2.24) is 14.7 Å². The van der Waals surface area contributed by atoms with Gasteiger partial charge >= 0.3 is 6.03 Å². The minimum atomic E-state index is -0.185. The monoisotopic (exact) mass is 344 g/mol. The van der Waals surface area contributed by atoms with Gasteiger partial charge in [0.25, 0.3) is 0 Å². The third-order valence-corrected chi connectivity index (χ3v) is 4.45. The van der Waals surface area contributed by atoms with E-state index < -0.39 is 0 Å². The third-order valence-electron chi connectivity index (χ3n) is 4.45. The van der Waals surface area contributed by atoms with Crippen LogP contribution in [0.5, 0.6) is 0 Å². The van der Waals surface area contributed by atoms with Crippen LogP contribution in [-0.4, -0.2) is 38.5 Å². The molecule has 25 heavy (non-hydrogen) atoms. The Morgan fingerprint density at radius 1 is 1.28 bits per heavy atom. The van der Waals surface area contributed by atoms with Crippen LogP contribution >= 0.6 is 0 Å². The van der Waals surface area contributed by atoms with Gasteiger partial charge in [0.05, 0.1) is 12.2 Å². The second kappa shape index (κ2) is 9.22. The number of anilines is 1. The number of aromatic nitrogens is 2. The fourth-order valence-corrected chi connectivity index (χ4v) is 2.67. The van der Waals surface area contributed by atoms with Gasteiger partial charge in [-0.05, 0) is 32.3 Å². The van der Waals surface area contributed by atoms with E-state index in [1.807, 2.05) is 48.0 Å². The van der Waals surface area contributed by atoms with Crippen LogP contribution in [0.2, 0.25) is 0 Å². The Balaban J connectivity index is 2.16. The highest BCUT2D eigenvalue weighted by atomic mass is 16.3. The van der Waals surface area contributed by atoms with Gasteiger partial charge < -0.3 is 10.0 Å². The maximum Gasteiger partial charge on any atom is 0.323 e. The lowest BCUT2D eigenvalue weighted by Crippen LogP contribution is -2.41. The van der Waals surface area contributed by atoms with Gasteiger partial charge in [0.1, 0.15) is 5.82 Å². The number of benzene rings is 1. The molecule has 6 heteroatoms. The predicted molar refractivity (Wildman–Crippen MR) is 99.4 cm³/mol. The van der Waals surface area contributed by atoms with Crippen LogP contribution in [0.15, 0.2) is 42.6 Å². The third kappa shape index (κ3) is 5.06. The van der Waals surface area contributed by atoms with Crippen LogP contribution in [0.25, 0.3) is 0 Å². The molecule has 2 amide bonds. The Kier molecular flexibility index (Phi) is 7.01. The summed E-state index contributed by atoms with van der Waals surface area (Å²) in [5.74, 6) is 0.689. The Labute approximate surface area is 149 Å². The second-order valence-electron chi connectivity index (χ2n) is 6.32. The van der Waals surface area contributed by atoms with E-state index in [9.17, 15) is 9.90 Å². The minimum absolute atomic E-state index is 0.0462. The number of urea groups is 1. The Bertz CT molecular complexity index is 656. The molecular weight excluding hydrogens is 316 g/mol. The summed E-state index contributed by atoms with van der Waals surface area (Å²) in [6.45, 7) is 6.64. The lowest BCUT2D eigenvalue weighted by atomic mass is 10.1. The molecule has 1 aromatic heterocycles. The average molecular weight is 344 g/mol. The number of aliphatic hydroxyl groups excluding tert-OH is 1. The summed E-state index contributed by atoms with van der Waals surface area (Å²) in [6, 6.07) is 11.6. The van der Waals surface area contributed by atoms with Crippen LogP contribution in [0.3, 0.4) is 0 Å². The van der Waals surface area contributed by atoms with E-state index in [4.69, 9.17) is 0 Å². The maximum atomic E-state index is 12.9. The van der Waals surface area contributed by atoms with Gasteiger partial charge in [0.15, 0.2) is 0 Å². The lowest BCUT2D eigenvalue weighted by molar-refractivity contribution is 0.169. The number of hydrogen-bond acceptors (Lipinski definition) is 3. The average Bonchev–Trinajstić information content (AvgIpc) is 3.08. The molecule has 0 fully saturated rings. The number of nitrogens with one attached hydrogen (secondary N) is 1. The van der Waals surface area contributed by atoms with Crippen molar-refractivity contribution in [3.63, 3.8) is 0 Å². The first-order chi connectivity index (χ1) is 12.1. The molecule has 0 bridgehead atoms. The highest BCUT2D eigenvalue weighted by molar-refractivity contribution is 5.88. The normalized spacial score (nSPS) is 13.3. The summed E-state index contributed by atoms with van der Waals surface area (Å²) < 4.78 is 1.83. The molecular formula is C19H28N4O2. The van der Waals surface area contributed by atoms with E-state index in [2.05, 4.69) is 24.3 Å². The van der Waals surface area contributed by atoms with Gasteiger partial charge in [0.2, 0.25) is 0 Å². The summed E-state index contributed by atoms with van der Waals surface area (Å²) in [6.07, 6.45) is 3.16. The van der Waals surface area contributed by atoms with Crippen molar-refractivity contribution in [2.45, 2.75) is 52.2 Å². The fourth-order valence-electron chi connectivity index (χ4n) is 2.67. The largest absolute Gasteiger partial charge is 0.396 e. The summed E-state index contributed by atoms with van der Waals surface area (Å²) >= 11 is 0. The molecule has 2 aromatic rings. The minimum Gasteiger partial charge on any atom is -0.396 e. The van der Waals surface area contributed by atoms with Crippen molar-refractivity contribution in [3.05, 3.63) is 48.2 Å². The predicted octanol–water partition coefficient (Wildman–Crippen LogP) is 3.66.